The van der Waals surface area contributed by atoms with Crippen LogP contribution in [0.3, 0.4) is 0 Å². The molecule has 3 N–H and O–H groups in total. The van der Waals surface area contributed by atoms with Crippen LogP contribution in [0.15, 0.2) is 61.8 Å². The van der Waals surface area contributed by atoms with E-state index >= 15 is 0 Å². The summed E-state index contributed by atoms with van der Waals surface area (Å²) in [4.78, 5) is 19.8. The van der Waals surface area contributed by atoms with E-state index in [9.17, 15) is 4.79 Å². The number of carbonyl (C=O) groups is 1. The lowest BCUT2D eigenvalue weighted by molar-refractivity contribution is 0.0332. The third kappa shape index (κ3) is 5.95. The Bertz CT molecular complexity index is 1690. The van der Waals surface area contributed by atoms with Gasteiger partial charge in [-0.3, -0.25) is 9.69 Å². The zero-order valence-corrected chi connectivity index (χ0v) is 23.3. The molecule has 0 unspecified atom stereocenters. The van der Waals surface area contributed by atoms with Gasteiger partial charge in [-0.2, -0.15) is 9.78 Å². The van der Waals surface area contributed by atoms with Gasteiger partial charge in [0.15, 0.2) is 11.3 Å². The molecule has 1 fully saturated rings. The molecule has 1 amide bonds. The lowest BCUT2D eigenvalue weighted by Gasteiger charge is -2.26. The summed E-state index contributed by atoms with van der Waals surface area (Å²) in [6, 6.07) is 13.2. The average Bonchev–Trinajstić information content (AvgIpc) is 3.74. The van der Waals surface area contributed by atoms with Gasteiger partial charge in [0.05, 0.1) is 32.2 Å². The van der Waals surface area contributed by atoms with Gasteiger partial charge in [0.25, 0.3) is 11.1 Å². The minimum atomic E-state index is -0.545. The number of fused-ring (bicyclic) bond motifs is 1. The Morgan fingerprint density at radius 3 is 2.86 bits per heavy atom. The average molecular weight is 591 g/mol. The normalized spacial score (nSPS) is 14.1. The number of morpholine rings is 1. The second kappa shape index (κ2) is 12.4. The highest BCUT2D eigenvalue weighted by atomic mass is 32.2. The Kier molecular flexibility index (Phi) is 8.07. The van der Waals surface area contributed by atoms with Crippen LogP contribution in [0.4, 0.5) is 5.82 Å². The van der Waals surface area contributed by atoms with Crippen LogP contribution in [-0.4, -0.2) is 80.7 Å². The number of hydrogen-bond acceptors (Lipinski definition) is 14. The number of hydrazone groups is 1. The summed E-state index contributed by atoms with van der Waals surface area (Å²) in [6.45, 7) is 2.88. The molecule has 15 nitrogen and oxygen atoms in total. The highest BCUT2D eigenvalue weighted by molar-refractivity contribution is 7.98. The largest absolute Gasteiger partial charge is 0.496 e. The Labute approximate surface area is 243 Å². The van der Waals surface area contributed by atoms with Crippen LogP contribution in [-0.2, 0) is 17.0 Å². The molecule has 0 radical (unpaired) electrons. The maximum absolute atomic E-state index is 13.2. The van der Waals surface area contributed by atoms with Crippen molar-refractivity contribution in [2.45, 2.75) is 17.5 Å². The topological polar surface area (TPSA) is 185 Å². The molecule has 5 aromatic rings. The minimum Gasteiger partial charge on any atom is -0.496 e. The van der Waals surface area contributed by atoms with Gasteiger partial charge in [0, 0.05) is 31.0 Å². The Morgan fingerprint density at radius 1 is 1.21 bits per heavy atom. The van der Waals surface area contributed by atoms with E-state index in [2.05, 4.69) is 41.0 Å². The van der Waals surface area contributed by atoms with Crippen molar-refractivity contribution in [3.63, 3.8) is 0 Å². The number of amides is 1. The van der Waals surface area contributed by atoms with E-state index in [0.29, 0.717) is 55.3 Å². The van der Waals surface area contributed by atoms with Gasteiger partial charge in [-0.15, -0.1) is 5.10 Å². The number of benzene rings is 2. The minimum absolute atomic E-state index is 0.0256. The van der Waals surface area contributed by atoms with Crippen molar-refractivity contribution >= 4 is 40.8 Å². The number of carbonyl (C=O) groups excluding carboxylic acids is 1. The molecule has 1 aliphatic rings. The molecular weight excluding hydrogens is 564 g/mol. The molecule has 4 heterocycles. The van der Waals surface area contributed by atoms with E-state index in [1.54, 1.807) is 7.11 Å². The molecule has 1 aliphatic heterocycles. The van der Waals surface area contributed by atoms with Gasteiger partial charge in [0.2, 0.25) is 11.6 Å². The second-order valence-electron chi connectivity index (χ2n) is 9.16. The predicted octanol–water partition coefficient (Wildman–Crippen LogP) is 2.27. The molecule has 216 valence electrons. The zero-order chi connectivity index (χ0) is 28.9. The van der Waals surface area contributed by atoms with E-state index in [-0.39, 0.29) is 17.3 Å². The number of para-hydroxylation sites is 2. The molecule has 0 atom stereocenters. The van der Waals surface area contributed by atoms with Crippen molar-refractivity contribution < 1.29 is 23.3 Å². The van der Waals surface area contributed by atoms with Crippen molar-refractivity contribution in [2.75, 3.05) is 39.1 Å². The first-order valence-electron chi connectivity index (χ1n) is 12.9. The molecule has 42 heavy (non-hydrogen) atoms. The summed E-state index contributed by atoms with van der Waals surface area (Å²) in [7, 11) is 1.61. The summed E-state index contributed by atoms with van der Waals surface area (Å²) in [6.07, 6.45) is 1.54. The first kappa shape index (κ1) is 27.4. The summed E-state index contributed by atoms with van der Waals surface area (Å²) >= 11 is 1.45. The number of nitrogens with zero attached hydrogens (tertiary/aromatic N) is 8. The number of hydrogen-bond donors (Lipinski definition) is 2. The smallest absolute Gasteiger partial charge is 0.293 e. The van der Waals surface area contributed by atoms with Gasteiger partial charge in [-0.05, 0) is 46.2 Å². The van der Waals surface area contributed by atoms with E-state index < -0.39 is 5.91 Å². The first-order chi connectivity index (χ1) is 20.6. The highest BCUT2D eigenvalue weighted by Crippen LogP contribution is 2.30. The van der Waals surface area contributed by atoms with Gasteiger partial charge in [-0.1, -0.05) is 29.1 Å². The summed E-state index contributed by atoms with van der Waals surface area (Å²) in [5, 5.41) is 20.3. The fraction of sp³-hybridized carbons (Fsp3) is 0.269. The molecule has 6 rings (SSSR count). The van der Waals surface area contributed by atoms with E-state index in [1.807, 2.05) is 42.5 Å². The number of thioether (sulfide) groups is 1. The van der Waals surface area contributed by atoms with Crippen molar-refractivity contribution in [1.29, 1.82) is 0 Å². The molecule has 0 spiro atoms. The SMILES string of the molecule is COc1ccc(/C=N/NC(=O)c2nnn(-c3nonc3N)c2CN2CCOCC2)cc1CSc1nc2ccccc2o1. The van der Waals surface area contributed by atoms with E-state index in [4.69, 9.17) is 24.3 Å². The summed E-state index contributed by atoms with van der Waals surface area (Å²) in [5.41, 5.74) is 12.2. The quantitative estimate of drug-likeness (QED) is 0.137. The van der Waals surface area contributed by atoms with Crippen LogP contribution < -0.4 is 15.9 Å². The lowest BCUT2D eigenvalue weighted by Crippen LogP contribution is -2.37. The number of ether oxygens (including phenoxy) is 2. The van der Waals surface area contributed by atoms with E-state index in [0.717, 1.165) is 22.2 Å². The molecule has 0 aliphatic carbocycles. The number of nitrogen functional groups attached to an aromatic ring is 1. The molecule has 2 aromatic carbocycles. The number of aromatic nitrogens is 6. The maximum Gasteiger partial charge on any atom is 0.293 e. The van der Waals surface area contributed by atoms with Gasteiger partial charge in [0.1, 0.15) is 11.3 Å². The number of rotatable bonds is 10. The number of anilines is 1. The third-order valence-corrected chi connectivity index (χ3v) is 7.34. The van der Waals surface area contributed by atoms with Crippen LogP contribution in [0.1, 0.15) is 27.3 Å². The fourth-order valence-corrected chi connectivity index (χ4v) is 5.18. The predicted molar refractivity (Wildman–Crippen MR) is 151 cm³/mol. The first-order valence-corrected chi connectivity index (χ1v) is 13.9. The highest BCUT2D eigenvalue weighted by Gasteiger charge is 2.26. The van der Waals surface area contributed by atoms with Crippen LogP contribution in [0.5, 0.6) is 5.75 Å². The van der Waals surface area contributed by atoms with E-state index in [1.165, 1.54) is 22.7 Å². The standard InChI is InChI=1S/C26H26N10O5S/c1-38-20-7-6-16(12-17(20)15-42-26-29-18-4-2-3-5-21(18)40-26)13-28-31-25(37)22-19(14-35-8-10-39-11-9-35)36(34-30-22)24-23(27)32-41-33-24/h2-7,12-13H,8-11,14-15H2,1H3,(H2,27,32)(H,31,37)/b28-13+. The van der Waals surface area contributed by atoms with Crippen LogP contribution >= 0.6 is 11.8 Å². The van der Waals surface area contributed by atoms with Crippen molar-refractivity contribution in [2.24, 2.45) is 5.10 Å². The maximum atomic E-state index is 13.2. The van der Waals surface area contributed by atoms with Crippen molar-refractivity contribution in [1.82, 2.24) is 40.6 Å². The number of methoxy groups -OCH3 is 1. The Morgan fingerprint density at radius 2 is 2.07 bits per heavy atom. The fourth-order valence-electron chi connectivity index (χ4n) is 4.36. The summed E-state index contributed by atoms with van der Waals surface area (Å²) in [5.74, 6) is 0.896. The summed E-state index contributed by atoms with van der Waals surface area (Å²) < 4.78 is 22.8. The molecule has 0 bridgehead atoms. The number of oxazole rings is 1. The third-order valence-electron chi connectivity index (χ3n) is 6.46. The van der Waals surface area contributed by atoms with Gasteiger partial charge < -0.3 is 19.6 Å². The van der Waals surface area contributed by atoms with Gasteiger partial charge in [-0.25, -0.2) is 15.0 Å². The van der Waals surface area contributed by atoms with Crippen LogP contribution in [0, 0.1) is 0 Å². The molecule has 3 aromatic heterocycles. The molecule has 0 saturated carbocycles. The van der Waals surface area contributed by atoms with Crippen molar-refractivity contribution in [3.8, 4) is 11.6 Å². The number of nitrogens with one attached hydrogen (secondary N) is 1. The Hall–Kier alpha value is -4.80. The molecule has 1 saturated heterocycles. The van der Waals surface area contributed by atoms with Crippen LogP contribution in [0.2, 0.25) is 0 Å². The number of nitrogens with two attached hydrogens (primary N) is 1. The molecular formula is C26H26N10O5S. The van der Waals surface area contributed by atoms with Crippen molar-refractivity contribution in [3.05, 3.63) is 65.0 Å². The van der Waals surface area contributed by atoms with Gasteiger partial charge >= 0.3 is 0 Å². The Balaban J connectivity index is 1.16. The molecule has 16 heteroatoms. The monoisotopic (exact) mass is 590 g/mol. The lowest BCUT2D eigenvalue weighted by atomic mass is 10.1. The second-order valence-corrected chi connectivity index (χ2v) is 10.1. The zero-order valence-electron chi connectivity index (χ0n) is 22.5. The van der Waals surface area contributed by atoms with Crippen LogP contribution in [0.25, 0.3) is 16.9 Å².